The fourth-order valence-electron chi connectivity index (χ4n) is 3.66. The summed E-state index contributed by atoms with van der Waals surface area (Å²) < 4.78 is 0. The van der Waals surface area contributed by atoms with E-state index in [9.17, 15) is 4.79 Å². The van der Waals surface area contributed by atoms with Gasteiger partial charge in [0.1, 0.15) is 5.41 Å². The first kappa shape index (κ1) is 10.8. The summed E-state index contributed by atoms with van der Waals surface area (Å²) in [6.45, 7) is 0. The normalized spacial score (nSPS) is 23.9. The smallest absolute Gasteiger partial charge is 0.239 e. The number of carbonyl (C=O) groups is 1. The van der Waals surface area contributed by atoms with Gasteiger partial charge in [-0.25, -0.2) is 0 Å². The van der Waals surface area contributed by atoms with Gasteiger partial charge in [0, 0.05) is 5.69 Å². The third kappa shape index (κ3) is 1.29. The minimum Gasteiger partial charge on any atom is -0.325 e. The molecule has 1 aliphatic heterocycles. The van der Waals surface area contributed by atoms with E-state index in [4.69, 9.17) is 0 Å². The lowest BCUT2D eigenvalue weighted by Gasteiger charge is -2.34. The van der Waals surface area contributed by atoms with Gasteiger partial charge in [0.25, 0.3) is 0 Å². The minimum absolute atomic E-state index is 0.140. The lowest BCUT2D eigenvalue weighted by Crippen LogP contribution is -2.38. The number of nitrogens with one attached hydrogen (secondary N) is 1. The quantitative estimate of drug-likeness (QED) is 0.763. The molecule has 0 radical (unpaired) electrons. The van der Waals surface area contributed by atoms with Crippen molar-refractivity contribution in [2.24, 2.45) is 0 Å². The van der Waals surface area contributed by atoms with Crippen LogP contribution in [0.15, 0.2) is 48.5 Å². The van der Waals surface area contributed by atoms with Gasteiger partial charge in [-0.3, -0.25) is 4.79 Å². The number of benzene rings is 2. The van der Waals surface area contributed by atoms with E-state index in [2.05, 4.69) is 29.6 Å². The summed E-state index contributed by atoms with van der Waals surface area (Å²) in [5.41, 5.74) is 4.19. The topological polar surface area (TPSA) is 29.1 Å². The molecule has 4 rings (SSSR count). The van der Waals surface area contributed by atoms with Crippen molar-refractivity contribution >= 4 is 11.6 Å². The van der Waals surface area contributed by atoms with Crippen LogP contribution in [0.4, 0.5) is 5.69 Å². The summed E-state index contributed by atoms with van der Waals surface area (Å²) in [7, 11) is 0. The van der Waals surface area contributed by atoms with Gasteiger partial charge in [0.05, 0.1) is 0 Å². The molecule has 1 unspecified atom stereocenters. The molecule has 2 nitrogen and oxygen atoms in total. The molecule has 2 aromatic carbocycles. The minimum atomic E-state index is -0.453. The largest absolute Gasteiger partial charge is 0.325 e. The molecule has 94 valence electrons. The second kappa shape index (κ2) is 3.70. The molecule has 0 aromatic heterocycles. The van der Waals surface area contributed by atoms with E-state index in [1.54, 1.807) is 0 Å². The Hall–Kier alpha value is -2.09. The Morgan fingerprint density at radius 3 is 2.58 bits per heavy atom. The molecule has 0 fully saturated rings. The zero-order chi connectivity index (χ0) is 12.9. The van der Waals surface area contributed by atoms with Crippen LogP contribution in [0.3, 0.4) is 0 Å². The molecular weight excluding hydrogens is 234 g/mol. The summed E-state index contributed by atoms with van der Waals surface area (Å²) in [4.78, 5) is 12.7. The van der Waals surface area contributed by atoms with E-state index in [1.807, 2.05) is 24.3 Å². The number of aryl methyl sites for hydroxylation is 1. The molecule has 1 heterocycles. The van der Waals surface area contributed by atoms with Crippen molar-refractivity contribution in [1.29, 1.82) is 0 Å². The van der Waals surface area contributed by atoms with Crippen molar-refractivity contribution in [1.82, 2.24) is 0 Å². The highest BCUT2D eigenvalue weighted by Gasteiger charge is 2.49. The number of rotatable bonds is 0. The Morgan fingerprint density at radius 2 is 1.68 bits per heavy atom. The summed E-state index contributed by atoms with van der Waals surface area (Å²) in [6, 6.07) is 16.5. The second-order valence-corrected chi connectivity index (χ2v) is 5.42. The van der Waals surface area contributed by atoms with E-state index in [-0.39, 0.29) is 5.91 Å². The van der Waals surface area contributed by atoms with Crippen molar-refractivity contribution in [3.05, 3.63) is 65.2 Å². The number of hydrogen-bond donors (Lipinski definition) is 1. The molecule has 2 aromatic rings. The molecule has 1 N–H and O–H groups in total. The van der Waals surface area contributed by atoms with Crippen molar-refractivity contribution in [2.45, 2.75) is 24.7 Å². The molecule has 0 saturated carbocycles. The van der Waals surface area contributed by atoms with Crippen molar-refractivity contribution < 1.29 is 4.79 Å². The highest BCUT2D eigenvalue weighted by atomic mass is 16.2. The predicted molar refractivity (Wildman–Crippen MR) is 75.2 cm³/mol. The first-order chi connectivity index (χ1) is 9.32. The van der Waals surface area contributed by atoms with Gasteiger partial charge in [-0.05, 0) is 42.0 Å². The molecular formula is C17H15NO. The van der Waals surface area contributed by atoms with E-state index in [0.29, 0.717) is 0 Å². The number of carbonyl (C=O) groups excluding carboxylic acids is 1. The van der Waals surface area contributed by atoms with Crippen LogP contribution in [-0.2, 0) is 16.6 Å². The molecule has 1 aliphatic carbocycles. The van der Waals surface area contributed by atoms with Gasteiger partial charge in [-0.15, -0.1) is 0 Å². The number of fused-ring (bicyclic) bond motifs is 4. The maximum Gasteiger partial charge on any atom is 0.239 e. The number of para-hydroxylation sites is 1. The van der Waals surface area contributed by atoms with Crippen LogP contribution >= 0.6 is 0 Å². The third-order valence-corrected chi connectivity index (χ3v) is 4.50. The average molecular weight is 249 g/mol. The first-order valence-electron chi connectivity index (χ1n) is 6.82. The Labute approximate surface area is 112 Å². The van der Waals surface area contributed by atoms with Crippen LogP contribution in [0.2, 0.25) is 0 Å². The van der Waals surface area contributed by atoms with E-state index in [0.717, 1.165) is 30.5 Å². The first-order valence-corrected chi connectivity index (χ1v) is 6.82. The third-order valence-electron chi connectivity index (χ3n) is 4.50. The predicted octanol–water partition coefficient (Wildman–Crippen LogP) is 3.26. The molecule has 0 saturated heterocycles. The monoisotopic (exact) mass is 249 g/mol. The molecule has 0 bridgehead atoms. The second-order valence-electron chi connectivity index (χ2n) is 5.42. The summed E-state index contributed by atoms with van der Waals surface area (Å²) in [5, 5.41) is 3.06. The van der Waals surface area contributed by atoms with E-state index >= 15 is 0 Å². The Balaban J connectivity index is 2.04. The fraction of sp³-hybridized carbons (Fsp3) is 0.235. The van der Waals surface area contributed by atoms with Crippen molar-refractivity contribution in [3.63, 3.8) is 0 Å². The van der Waals surface area contributed by atoms with Gasteiger partial charge < -0.3 is 5.32 Å². The highest BCUT2D eigenvalue weighted by Crippen LogP contribution is 2.49. The lowest BCUT2D eigenvalue weighted by molar-refractivity contribution is -0.119. The maximum absolute atomic E-state index is 12.7. The van der Waals surface area contributed by atoms with Gasteiger partial charge >= 0.3 is 0 Å². The molecule has 2 heteroatoms. The highest BCUT2D eigenvalue weighted by molar-refractivity contribution is 6.09. The zero-order valence-corrected chi connectivity index (χ0v) is 10.6. The van der Waals surface area contributed by atoms with Crippen LogP contribution in [0.5, 0.6) is 0 Å². The Kier molecular flexibility index (Phi) is 2.10. The summed E-state index contributed by atoms with van der Waals surface area (Å²) in [5.74, 6) is 0.140. The number of anilines is 1. The average Bonchev–Trinajstić information content (AvgIpc) is 2.73. The summed E-state index contributed by atoms with van der Waals surface area (Å²) in [6.07, 6.45) is 3.05. The Bertz CT molecular complexity index is 676. The zero-order valence-electron chi connectivity index (χ0n) is 10.6. The summed E-state index contributed by atoms with van der Waals surface area (Å²) >= 11 is 0. The van der Waals surface area contributed by atoms with Gasteiger partial charge in [0.15, 0.2) is 0 Å². The fourth-order valence-corrected chi connectivity index (χ4v) is 3.66. The maximum atomic E-state index is 12.7. The molecule has 2 aliphatic rings. The van der Waals surface area contributed by atoms with Crippen LogP contribution in [-0.4, -0.2) is 5.91 Å². The van der Waals surface area contributed by atoms with Crippen molar-refractivity contribution in [3.8, 4) is 0 Å². The van der Waals surface area contributed by atoms with Gasteiger partial charge in [-0.1, -0.05) is 42.5 Å². The van der Waals surface area contributed by atoms with Crippen molar-refractivity contribution in [2.75, 3.05) is 5.32 Å². The molecule has 1 atom stereocenters. The van der Waals surface area contributed by atoms with Crippen LogP contribution in [0, 0.1) is 0 Å². The standard InChI is InChI=1S/C17H15NO/c19-16-17(14-9-3-4-10-15(14)18-16)11-5-7-12-6-1-2-8-13(12)17/h1-4,6,8-10H,5,7,11H2,(H,18,19). The van der Waals surface area contributed by atoms with E-state index < -0.39 is 5.41 Å². The van der Waals surface area contributed by atoms with E-state index in [1.165, 1.54) is 11.1 Å². The Morgan fingerprint density at radius 1 is 0.947 bits per heavy atom. The molecule has 19 heavy (non-hydrogen) atoms. The van der Waals surface area contributed by atoms with Crippen LogP contribution < -0.4 is 5.32 Å². The molecule has 1 amide bonds. The number of hydrogen-bond acceptors (Lipinski definition) is 1. The van der Waals surface area contributed by atoms with Gasteiger partial charge in [-0.2, -0.15) is 0 Å². The lowest BCUT2D eigenvalue weighted by atomic mass is 9.66. The van der Waals surface area contributed by atoms with Gasteiger partial charge in [0.2, 0.25) is 5.91 Å². The number of amides is 1. The SMILES string of the molecule is O=C1Nc2ccccc2C12CCCc1ccccc12. The molecule has 1 spiro atoms. The van der Waals surface area contributed by atoms with Crippen LogP contribution in [0.1, 0.15) is 29.5 Å². The van der Waals surface area contributed by atoms with Crippen LogP contribution in [0.25, 0.3) is 0 Å².